The average Bonchev–Trinajstić information content (AvgIpc) is 3.75. The molecule has 0 bridgehead atoms. The molecule has 1 saturated heterocycles. The molecule has 3 aromatic carbocycles. The molecule has 1 fully saturated rings. The number of hydrogen-bond donors (Lipinski definition) is 1. The number of para-hydroxylation sites is 3. The average molecular weight is 552 g/mol. The van der Waals surface area contributed by atoms with Crippen LogP contribution in [0.5, 0.6) is 0 Å². The summed E-state index contributed by atoms with van der Waals surface area (Å²) in [6.07, 6.45) is 2.41. The van der Waals surface area contributed by atoms with Gasteiger partial charge in [-0.25, -0.2) is 9.67 Å². The lowest BCUT2D eigenvalue weighted by atomic mass is 10.1. The van der Waals surface area contributed by atoms with Gasteiger partial charge in [-0.2, -0.15) is 0 Å². The Hall–Kier alpha value is -4.57. The Morgan fingerprint density at radius 3 is 2.49 bits per heavy atom. The molecule has 210 valence electrons. The van der Waals surface area contributed by atoms with Crippen LogP contribution in [0.25, 0.3) is 22.1 Å². The Morgan fingerprint density at radius 2 is 1.73 bits per heavy atom. The van der Waals surface area contributed by atoms with E-state index in [0.29, 0.717) is 37.5 Å². The maximum atomic E-state index is 14.2. The molecule has 0 unspecified atom stereocenters. The summed E-state index contributed by atoms with van der Waals surface area (Å²) in [6, 6.07) is 24.2. The van der Waals surface area contributed by atoms with Crippen molar-refractivity contribution in [1.82, 2.24) is 34.8 Å². The molecule has 0 radical (unpaired) electrons. The first-order valence-corrected chi connectivity index (χ1v) is 14.0. The van der Waals surface area contributed by atoms with Gasteiger partial charge in [-0.1, -0.05) is 59.8 Å². The lowest BCUT2D eigenvalue weighted by Gasteiger charge is -2.31. The molecule has 2 atom stereocenters. The quantitative estimate of drug-likeness (QED) is 0.285. The highest BCUT2D eigenvalue weighted by atomic mass is 16.5. The number of nitrogens with zero attached hydrogens (tertiary/aromatic N) is 6. The van der Waals surface area contributed by atoms with Gasteiger partial charge in [-0.3, -0.25) is 9.59 Å². The summed E-state index contributed by atoms with van der Waals surface area (Å²) in [5, 5.41) is 11.5. The number of rotatable bonds is 10. The number of carbonyl (C=O) groups is 2. The molecule has 2 aromatic heterocycles. The van der Waals surface area contributed by atoms with E-state index >= 15 is 0 Å². The minimum atomic E-state index is -0.959. The van der Waals surface area contributed by atoms with Crippen LogP contribution in [0.2, 0.25) is 0 Å². The third-order valence-corrected chi connectivity index (χ3v) is 7.66. The van der Waals surface area contributed by atoms with E-state index in [1.807, 2.05) is 90.5 Å². The smallest absolute Gasteiger partial charge is 0.250 e. The summed E-state index contributed by atoms with van der Waals surface area (Å²) in [6.45, 7) is 1.33. The van der Waals surface area contributed by atoms with E-state index in [1.54, 1.807) is 9.58 Å². The minimum absolute atomic E-state index is 0.0324. The van der Waals surface area contributed by atoms with Crippen molar-refractivity contribution in [1.29, 1.82) is 0 Å². The summed E-state index contributed by atoms with van der Waals surface area (Å²) < 4.78 is 9.24. The number of imidazole rings is 1. The van der Waals surface area contributed by atoms with E-state index in [1.165, 1.54) is 0 Å². The number of amides is 2. The maximum absolute atomic E-state index is 14.2. The SMILES string of the molecule is Cn1c([C@H](C(=O)NC[C@@H]2CCCO2)N(CCc2ccccc2)C(=O)Cn2nnc3ccccc32)nc2ccccc21. The number of aryl methyl sites for hydroxylation is 1. The molecule has 2 amide bonds. The number of carbonyl (C=O) groups excluding carboxylic acids is 2. The van der Waals surface area contributed by atoms with Crippen molar-refractivity contribution >= 4 is 33.9 Å². The van der Waals surface area contributed by atoms with Crippen molar-refractivity contribution in [2.75, 3.05) is 19.7 Å². The van der Waals surface area contributed by atoms with Gasteiger partial charge in [0.05, 0.1) is 22.7 Å². The van der Waals surface area contributed by atoms with Crippen LogP contribution in [0, 0.1) is 0 Å². The van der Waals surface area contributed by atoms with Crippen LogP contribution >= 0.6 is 0 Å². The van der Waals surface area contributed by atoms with Crippen molar-refractivity contribution in [3.05, 3.63) is 90.3 Å². The molecule has 1 N–H and O–H groups in total. The van der Waals surface area contributed by atoms with Gasteiger partial charge in [0.25, 0.3) is 5.91 Å². The highest BCUT2D eigenvalue weighted by Gasteiger charge is 2.36. The molecule has 10 nitrogen and oxygen atoms in total. The molecule has 5 aromatic rings. The molecule has 1 aliphatic rings. The monoisotopic (exact) mass is 551 g/mol. The molecule has 6 rings (SSSR count). The van der Waals surface area contributed by atoms with Crippen LogP contribution in [0.1, 0.15) is 30.3 Å². The maximum Gasteiger partial charge on any atom is 0.250 e. The number of fused-ring (bicyclic) bond motifs is 2. The molecule has 0 spiro atoms. The van der Waals surface area contributed by atoms with Gasteiger partial charge in [0, 0.05) is 26.7 Å². The van der Waals surface area contributed by atoms with Gasteiger partial charge < -0.3 is 19.5 Å². The van der Waals surface area contributed by atoms with E-state index in [2.05, 4.69) is 15.6 Å². The standard InChI is InChI=1S/C31H33N7O3/c1-36-26-15-7-5-13-24(26)33-30(36)29(31(40)32-20-23-12-9-19-41-23)37(18-17-22-10-3-2-4-11-22)28(39)21-38-27-16-8-6-14-25(27)34-35-38/h2-8,10-11,13-16,23,29H,9,12,17-21H2,1H3,(H,32,40)/t23-,29+/m0/s1. The van der Waals surface area contributed by atoms with Gasteiger partial charge >= 0.3 is 0 Å². The van der Waals surface area contributed by atoms with Crippen LogP contribution in [0.4, 0.5) is 0 Å². The largest absolute Gasteiger partial charge is 0.376 e. The minimum Gasteiger partial charge on any atom is -0.376 e. The van der Waals surface area contributed by atoms with E-state index in [-0.39, 0.29) is 24.5 Å². The molecule has 10 heteroatoms. The van der Waals surface area contributed by atoms with Gasteiger partial charge in [-0.05, 0) is 49.1 Å². The van der Waals surface area contributed by atoms with Crippen molar-refractivity contribution in [2.24, 2.45) is 7.05 Å². The van der Waals surface area contributed by atoms with Crippen LogP contribution < -0.4 is 5.32 Å². The molecule has 0 saturated carbocycles. The molecule has 0 aliphatic carbocycles. The van der Waals surface area contributed by atoms with E-state index < -0.39 is 6.04 Å². The third kappa shape index (κ3) is 5.69. The fraction of sp³-hybridized carbons (Fsp3) is 0.323. The first-order valence-electron chi connectivity index (χ1n) is 14.0. The summed E-state index contributed by atoms with van der Waals surface area (Å²) >= 11 is 0. The predicted octanol–water partition coefficient (Wildman–Crippen LogP) is 3.43. The highest BCUT2D eigenvalue weighted by Crippen LogP contribution is 2.26. The van der Waals surface area contributed by atoms with Crippen molar-refractivity contribution in [3.8, 4) is 0 Å². The Bertz CT molecular complexity index is 1660. The predicted molar refractivity (Wildman–Crippen MR) is 155 cm³/mol. The van der Waals surface area contributed by atoms with E-state index in [0.717, 1.165) is 35.0 Å². The van der Waals surface area contributed by atoms with E-state index in [9.17, 15) is 9.59 Å². The van der Waals surface area contributed by atoms with Crippen LogP contribution in [0.3, 0.4) is 0 Å². The number of benzene rings is 3. The van der Waals surface area contributed by atoms with Gasteiger partial charge in [0.1, 0.15) is 17.9 Å². The number of aromatic nitrogens is 5. The fourth-order valence-electron chi connectivity index (χ4n) is 5.47. The molecular formula is C31H33N7O3. The lowest BCUT2D eigenvalue weighted by molar-refractivity contribution is -0.142. The fourth-order valence-corrected chi connectivity index (χ4v) is 5.47. The second-order valence-corrected chi connectivity index (χ2v) is 10.4. The van der Waals surface area contributed by atoms with E-state index in [4.69, 9.17) is 9.72 Å². The summed E-state index contributed by atoms with van der Waals surface area (Å²) in [7, 11) is 1.88. The zero-order chi connectivity index (χ0) is 28.2. The zero-order valence-corrected chi connectivity index (χ0v) is 23.0. The van der Waals surface area contributed by atoms with Crippen molar-refractivity contribution < 1.29 is 14.3 Å². The number of hydrogen-bond acceptors (Lipinski definition) is 6. The Labute approximate surface area is 237 Å². The van der Waals surface area contributed by atoms with Gasteiger partial charge in [0.2, 0.25) is 5.91 Å². The third-order valence-electron chi connectivity index (χ3n) is 7.66. The topological polar surface area (TPSA) is 107 Å². The molecule has 41 heavy (non-hydrogen) atoms. The van der Waals surface area contributed by atoms with Gasteiger partial charge in [0.15, 0.2) is 6.04 Å². The zero-order valence-electron chi connectivity index (χ0n) is 23.0. The normalized spacial score (nSPS) is 15.8. The van der Waals surface area contributed by atoms with Crippen LogP contribution in [-0.4, -0.2) is 67.1 Å². The summed E-state index contributed by atoms with van der Waals surface area (Å²) in [5.74, 6) is -0.0365. The molecule has 1 aliphatic heterocycles. The van der Waals surface area contributed by atoms with Gasteiger partial charge in [-0.15, -0.1) is 5.10 Å². The first kappa shape index (κ1) is 26.6. The summed E-state index contributed by atoms with van der Waals surface area (Å²) in [5.41, 5.74) is 4.18. The second-order valence-electron chi connectivity index (χ2n) is 10.4. The van der Waals surface area contributed by atoms with Crippen molar-refractivity contribution in [2.45, 2.75) is 38.0 Å². The lowest BCUT2D eigenvalue weighted by Crippen LogP contribution is -2.48. The number of ether oxygens (including phenoxy) is 1. The second kappa shape index (κ2) is 11.9. The Balaban J connectivity index is 1.38. The van der Waals surface area contributed by atoms with Crippen LogP contribution in [0.15, 0.2) is 78.9 Å². The molecule has 3 heterocycles. The summed E-state index contributed by atoms with van der Waals surface area (Å²) in [4.78, 5) is 34.7. The molecular weight excluding hydrogens is 518 g/mol. The Kier molecular flexibility index (Phi) is 7.73. The van der Waals surface area contributed by atoms with Crippen molar-refractivity contribution in [3.63, 3.8) is 0 Å². The first-order chi connectivity index (χ1) is 20.1. The van der Waals surface area contributed by atoms with Crippen LogP contribution in [-0.2, 0) is 34.3 Å². The highest BCUT2D eigenvalue weighted by molar-refractivity contribution is 5.90. The Morgan fingerprint density at radius 1 is 1.00 bits per heavy atom. The number of nitrogens with one attached hydrogen (secondary N) is 1.